The average molecular weight is 383 g/mol. The molecule has 2 rings (SSSR count). The van der Waals surface area contributed by atoms with E-state index in [9.17, 15) is 10.1 Å². The predicted octanol–water partition coefficient (Wildman–Crippen LogP) is 3.27. The lowest BCUT2D eigenvalue weighted by Crippen LogP contribution is -2.07. The van der Waals surface area contributed by atoms with Crippen LogP contribution in [0.2, 0.25) is 0 Å². The first kappa shape index (κ1) is 14.7. The summed E-state index contributed by atoms with van der Waals surface area (Å²) in [5.41, 5.74) is 8.36. The molecule has 0 aliphatic heterocycles. The second-order valence-electron chi connectivity index (χ2n) is 4.24. The second-order valence-corrected chi connectivity index (χ2v) is 5.49. The summed E-state index contributed by atoms with van der Waals surface area (Å²) in [7, 11) is 0. The Kier molecular flexibility index (Phi) is 4.91. The van der Waals surface area contributed by atoms with E-state index in [1.807, 2.05) is 30.3 Å². The molecule has 3 N–H and O–H groups in total. The van der Waals surface area contributed by atoms with Gasteiger partial charge in [0.05, 0.1) is 4.92 Å². The number of nitro groups is 1. The Morgan fingerprint density at radius 2 is 1.90 bits per heavy atom. The Hall–Kier alpha value is -1.67. The number of halogens is 1. The molecule has 2 aromatic carbocycles. The lowest BCUT2D eigenvalue weighted by atomic mass is 10.1. The molecule has 0 amide bonds. The van der Waals surface area contributed by atoms with E-state index in [1.54, 1.807) is 12.1 Å². The predicted molar refractivity (Wildman–Crippen MR) is 87.5 cm³/mol. The normalized spacial score (nSPS) is 10.3. The van der Waals surface area contributed by atoms with Crippen LogP contribution in [-0.2, 0) is 13.1 Å². The van der Waals surface area contributed by atoms with Crippen molar-refractivity contribution in [3.63, 3.8) is 0 Å². The minimum atomic E-state index is -0.376. The fourth-order valence-electron chi connectivity index (χ4n) is 1.92. The zero-order chi connectivity index (χ0) is 14.5. The Balaban J connectivity index is 2.21. The molecule has 0 fully saturated rings. The highest BCUT2D eigenvalue weighted by Gasteiger charge is 2.14. The first-order valence-electron chi connectivity index (χ1n) is 6.06. The average Bonchev–Trinajstić information content (AvgIpc) is 2.46. The zero-order valence-corrected chi connectivity index (χ0v) is 12.8. The van der Waals surface area contributed by atoms with E-state index in [1.165, 1.54) is 0 Å². The van der Waals surface area contributed by atoms with Crippen LogP contribution in [0.4, 0.5) is 11.4 Å². The van der Waals surface area contributed by atoms with E-state index in [4.69, 9.17) is 5.73 Å². The molecular weight excluding hydrogens is 369 g/mol. The summed E-state index contributed by atoms with van der Waals surface area (Å²) in [6, 6.07) is 12.9. The molecule has 0 atom stereocenters. The SMILES string of the molecule is NCc1ccccc1CNc1ccc(I)cc1[N+](=O)[O-]. The van der Waals surface area contributed by atoms with Crippen molar-refractivity contribution in [1.82, 2.24) is 0 Å². The summed E-state index contributed by atoms with van der Waals surface area (Å²) in [5.74, 6) is 0. The number of rotatable bonds is 5. The molecule has 2 aromatic rings. The summed E-state index contributed by atoms with van der Waals surface area (Å²) in [6.07, 6.45) is 0. The second kappa shape index (κ2) is 6.67. The molecule has 0 aromatic heterocycles. The lowest BCUT2D eigenvalue weighted by Gasteiger charge is -2.10. The van der Waals surface area contributed by atoms with Crippen molar-refractivity contribution >= 4 is 34.0 Å². The first-order chi connectivity index (χ1) is 9.61. The van der Waals surface area contributed by atoms with Crippen LogP contribution in [0.1, 0.15) is 11.1 Å². The molecule has 0 bridgehead atoms. The van der Waals surface area contributed by atoms with Gasteiger partial charge in [-0.25, -0.2) is 0 Å². The number of benzene rings is 2. The third-order valence-corrected chi connectivity index (χ3v) is 3.64. The molecule has 0 saturated heterocycles. The van der Waals surface area contributed by atoms with Crippen LogP contribution in [-0.4, -0.2) is 4.92 Å². The molecule has 0 aliphatic carbocycles. The van der Waals surface area contributed by atoms with Gasteiger partial charge >= 0.3 is 0 Å². The van der Waals surface area contributed by atoms with Gasteiger partial charge in [0.25, 0.3) is 5.69 Å². The number of nitrogens with two attached hydrogens (primary N) is 1. The van der Waals surface area contributed by atoms with Gasteiger partial charge in [-0.15, -0.1) is 0 Å². The van der Waals surface area contributed by atoms with Gasteiger partial charge in [-0.05, 0) is 45.9 Å². The Labute approximate surface area is 130 Å². The van der Waals surface area contributed by atoms with E-state index < -0.39 is 0 Å². The zero-order valence-electron chi connectivity index (χ0n) is 10.7. The smallest absolute Gasteiger partial charge is 0.293 e. The molecule has 0 spiro atoms. The van der Waals surface area contributed by atoms with Crippen molar-refractivity contribution in [3.8, 4) is 0 Å². The topological polar surface area (TPSA) is 81.2 Å². The fraction of sp³-hybridized carbons (Fsp3) is 0.143. The van der Waals surface area contributed by atoms with Crippen LogP contribution in [0.3, 0.4) is 0 Å². The van der Waals surface area contributed by atoms with Crippen LogP contribution >= 0.6 is 22.6 Å². The summed E-state index contributed by atoms with van der Waals surface area (Å²) >= 11 is 2.06. The molecule has 5 nitrogen and oxygen atoms in total. The standard InChI is InChI=1S/C14H14IN3O2/c15-12-5-6-13(14(7-12)18(19)20)17-9-11-4-2-1-3-10(11)8-16/h1-7,17H,8-9,16H2. The van der Waals surface area contributed by atoms with Gasteiger partial charge in [-0.2, -0.15) is 0 Å². The summed E-state index contributed by atoms with van der Waals surface area (Å²) in [4.78, 5) is 10.7. The molecular formula is C14H14IN3O2. The van der Waals surface area contributed by atoms with Crippen molar-refractivity contribution in [2.45, 2.75) is 13.1 Å². The summed E-state index contributed by atoms with van der Waals surface area (Å²) in [6.45, 7) is 0.960. The Morgan fingerprint density at radius 1 is 1.20 bits per heavy atom. The largest absolute Gasteiger partial charge is 0.375 e. The van der Waals surface area contributed by atoms with E-state index in [0.717, 1.165) is 14.7 Å². The van der Waals surface area contributed by atoms with Gasteiger partial charge in [-0.1, -0.05) is 24.3 Å². The van der Waals surface area contributed by atoms with E-state index in [-0.39, 0.29) is 10.6 Å². The minimum Gasteiger partial charge on any atom is -0.375 e. The van der Waals surface area contributed by atoms with Crippen molar-refractivity contribution in [2.75, 3.05) is 5.32 Å². The molecule has 6 heteroatoms. The fourth-order valence-corrected chi connectivity index (χ4v) is 2.40. The molecule has 0 radical (unpaired) electrons. The van der Waals surface area contributed by atoms with E-state index in [0.29, 0.717) is 18.8 Å². The molecule has 20 heavy (non-hydrogen) atoms. The van der Waals surface area contributed by atoms with Crippen molar-refractivity contribution in [1.29, 1.82) is 0 Å². The number of hydrogen-bond donors (Lipinski definition) is 2. The Morgan fingerprint density at radius 3 is 2.55 bits per heavy atom. The Bertz CT molecular complexity index is 632. The third kappa shape index (κ3) is 3.45. The van der Waals surface area contributed by atoms with Gasteiger partial charge in [0, 0.05) is 22.7 Å². The number of nitrogens with zero attached hydrogens (tertiary/aromatic N) is 1. The number of nitrogens with one attached hydrogen (secondary N) is 1. The minimum absolute atomic E-state index is 0.0853. The summed E-state index contributed by atoms with van der Waals surface area (Å²) in [5, 5.41) is 14.2. The van der Waals surface area contributed by atoms with Crippen molar-refractivity contribution in [2.24, 2.45) is 5.73 Å². The molecule has 0 unspecified atom stereocenters. The maximum atomic E-state index is 11.1. The van der Waals surface area contributed by atoms with Crippen LogP contribution in [0.5, 0.6) is 0 Å². The van der Waals surface area contributed by atoms with Gasteiger partial charge in [0.15, 0.2) is 0 Å². The monoisotopic (exact) mass is 383 g/mol. The number of anilines is 1. The van der Waals surface area contributed by atoms with Gasteiger partial charge < -0.3 is 11.1 Å². The van der Waals surface area contributed by atoms with Crippen molar-refractivity contribution < 1.29 is 4.92 Å². The van der Waals surface area contributed by atoms with E-state index in [2.05, 4.69) is 27.9 Å². The maximum Gasteiger partial charge on any atom is 0.293 e. The molecule has 0 heterocycles. The number of hydrogen-bond acceptors (Lipinski definition) is 4. The summed E-state index contributed by atoms with van der Waals surface area (Å²) < 4.78 is 0.835. The van der Waals surface area contributed by atoms with Gasteiger partial charge in [0.1, 0.15) is 5.69 Å². The highest BCUT2D eigenvalue weighted by molar-refractivity contribution is 14.1. The highest BCUT2D eigenvalue weighted by Crippen LogP contribution is 2.27. The number of nitro benzene ring substituents is 1. The van der Waals surface area contributed by atoms with Gasteiger partial charge in [0.2, 0.25) is 0 Å². The quantitative estimate of drug-likeness (QED) is 0.472. The first-order valence-corrected chi connectivity index (χ1v) is 7.14. The van der Waals surface area contributed by atoms with Crippen LogP contribution in [0, 0.1) is 13.7 Å². The molecule has 0 saturated carbocycles. The third-order valence-electron chi connectivity index (χ3n) is 2.96. The van der Waals surface area contributed by atoms with E-state index >= 15 is 0 Å². The lowest BCUT2D eigenvalue weighted by molar-refractivity contribution is -0.384. The molecule has 0 aliphatic rings. The van der Waals surface area contributed by atoms with Gasteiger partial charge in [-0.3, -0.25) is 10.1 Å². The van der Waals surface area contributed by atoms with Crippen LogP contribution in [0.15, 0.2) is 42.5 Å². The van der Waals surface area contributed by atoms with Crippen LogP contribution in [0.25, 0.3) is 0 Å². The van der Waals surface area contributed by atoms with Crippen molar-refractivity contribution in [3.05, 3.63) is 67.3 Å². The van der Waals surface area contributed by atoms with Crippen LogP contribution < -0.4 is 11.1 Å². The maximum absolute atomic E-state index is 11.1. The highest BCUT2D eigenvalue weighted by atomic mass is 127. The molecule has 104 valence electrons.